The highest BCUT2D eigenvalue weighted by molar-refractivity contribution is 6.30. The highest BCUT2D eigenvalue weighted by Gasteiger charge is 2.21. The Morgan fingerprint density at radius 3 is 2.36 bits per heavy atom. The molecule has 0 aliphatic carbocycles. The van der Waals surface area contributed by atoms with E-state index in [1.165, 1.54) is 0 Å². The number of hydrogen-bond donors (Lipinski definition) is 3. The summed E-state index contributed by atoms with van der Waals surface area (Å²) in [7, 11) is 0. The van der Waals surface area contributed by atoms with Crippen LogP contribution in [0.1, 0.15) is 43.7 Å². The Bertz CT molecular complexity index is 1050. The number of carbonyl (C=O) groups excluding carboxylic acids is 1. The first-order chi connectivity index (χ1) is 15.7. The van der Waals surface area contributed by atoms with E-state index in [0.717, 1.165) is 16.9 Å². The van der Waals surface area contributed by atoms with Gasteiger partial charge in [0.15, 0.2) is 6.23 Å². The maximum atomic E-state index is 12.0. The Morgan fingerprint density at radius 1 is 1.00 bits per heavy atom. The van der Waals surface area contributed by atoms with E-state index in [0.29, 0.717) is 29.4 Å². The molecule has 3 aromatic rings. The van der Waals surface area contributed by atoms with Gasteiger partial charge >= 0.3 is 6.09 Å². The van der Waals surface area contributed by atoms with Gasteiger partial charge in [0, 0.05) is 22.8 Å². The Balaban J connectivity index is 1.60. The number of ether oxygens (including phenoxy) is 2. The summed E-state index contributed by atoms with van der Waals surface area (Å²) in [4.78, 5) is 12.0. The highest BCUT2D eigenvalue weighted by atomic mass is 35.5. The lowest BCUT2D eigenvalue weighted by Gasteiger charge is -2.23. The fourth-order valence-corrected chi connectivity index (χ4v) is 3.24. The molecular weight excluding hydrogens is 440 g/mol. The maximum Gasteiger partial charge on any atom is 0.409 e. The van der Waals surface area contributed by atoms with E-state index in [1.54, 1.807) is 39.0 Å². The molecule has 0 saturated heterocycles. The van der Waals surface area contributed by atoms with Crippen molar-refractivity contribution in [2.45, 2.75) is 45.8 Å². The normalized spacial score (nSPS) is 12.0. The van der Waals surface area contributed by atoms with Gasteiger partial charge in [0.1, 0.15) is 18.0 Å². The zero-order valence-corrected chi connectivity index (χ0v) is 19.7. The quantitative estimate of drug-likeness (QED) is 0.351. The number of anilines is 1. The fourth-order valence-electron chi connectivity index (χ4n) is 3.06. The number of halogens is 1. The van der Waals surface area contributed by atoms with Gasteiger partial charge in [-0.2, -0.15) is 0 Å². The number of aliphatic hydroxyl groups excluding tert-OH is 1. The molecule has 0 spiro atoms. The minimum absolute atomic E-state index is 0.441. The minimum Gasteiger partial charge on any atom is -0.489 e. The van der Waals surface area contributed by atoms with E-state index in [1.807, 2.05) is 54.6 Å². The Labute approximate surface area is 199 Å². The van der Waals surface area contributed by atoms with Crippen molar-refractivity contribution in [3.63, 3.8) is 0 Å². The van der Waals surface area contributed by atoms with Crippen molar-refractivity contribution in [1.82, 2.24) is 5.32 Å². The van der Waals surface area contributed by atoms with Crippen molar-refractivity contribution in [3.8, 4) is 5.75 Å². The van der Waals surface area contributed by atoms with E-state index >= 15 is 0 Å². The predicted octanol–water partition coefficient (Wildman–Crippen LogP) is 6.05. The predicted molar refractivity (Wildman–Crippen MR) is 130 cm³/mol. The molecular formula is C26H29ClN2O4. The second-order valence-corrected chi connectivity index (χ2v) is 8.99. The molecule has 0 radical (unpaired) electrons. The summed E-state index contributed by atoms with van der Waals surface area (Å²) in [6, 6.07) is 22.8. The van der Waals surface area contributed by atoms with Gasteiger partial charge in [0.05, 0.1) is 0 Å². The SMILES string of the molecule is CC(C)(C)OC(=O)NC(O)c1cc(Cl)ccc1NCc1ccc(OCc2ccccc2)cc1. The first-order valence-electron chi connectivity index (χ1n) is 10.7. The third-order valence-electron chi connectivity index (χ3n) is 4.62. The van der Waals surface area contributed by atoms with Crippen molar-refractivity contribution >= 4 is 23.4 Å². The molecule has 1 amide bonds. The van der Waals surface area contributed by atoms with E-state index in [-0.39, 0.29) is 0 Å². The van der Waals surface area contributed by atoms with Gasteiger partial charge in [0.2, 0.25) is 0 Å². The van der Waals surface area contributed by atoms with Gasteiger partial charge in [-0.1, -0.05) is 54.1 Å². The maximum absolute atomic E-state index is 12.0. The minimum atomic E-state index is -1.28. The largest absolute Gasteiger partial charge is 0.489 e. The monoisotopic (exact) mass is 468 g/mol. The Morgan fingerprint density at radius 2 is 1.70 bits per heavy atom. The van der Waals surface area contributed by atoms with Crippen molar-refractivity contribution in [1.29, 1.82) is 0 Å². The van der Waals surface area contributed by atoms with E-state index in [2.05, 4.69) is 10.6 Å². The van der Waals surface area contributed by atoms with Gasteiger partial charge in [-0.3, -0.25) is 5.32 Å². The average Bonchev–Trinajstić information content (AvgIpc) is 2.77. The summed E-state index contributed by atoms with van der Waals surface area (Å²) in [6.07, 6.45) is -2.00. The van der Waals surface area contributed by atoms with Crippen LogP contribution in [0.25, 0.3) is 0 Å². The van der Waals surface area contributed by atoms with Crippen LogP contribution in [-0.4, -0.2) is 16.8 Å². The zero-order chi connectivity index (χ0) is 23.8. The van der Waals surface area contributed by atoms with Crippen LogP contribution in [0.5, 0.6) is 5.75 Å². The number of nitrogens with one attached hydrogen (secondary N) is 2. The van der Waals surface area contributed by atoms with E-state index in [9.17, 15) is 9.90 Å². The number of amides is 1. The number of benzene rings is 3. The lowest BCUT2D eigenvalue weighted by atomic mass is 10.1. The van der Waals surface area contributed by atoms with Crippen LogP contribution >= 0.6 is 11.6 Å². The molecule has 33 heavy (non-hydrogen) atoms. The number of aliphatic hydroxyl groups is 1. The molecule has 3 rings (SSSR count). The molecule has 0 aliphatic heterocycles. The Kier molecular flexibility index (Phi) is 8.20. The van der Waals surface area contributed by atoms with Gasteiger partial charge < -0.3 is 19.9 Å². The molecule has 1 unspecified atom stereocenters. The molecule has 3 aromatic carbocycles. The van der Waals surface area contributed by atoms with E-state index < -0.39 is 17.9 Å². The number of carbonyl (C=O) groups is 1. The van der Waals surface area contributed by atoms with Gasteiger partial charge in [-0.05, 0) is 62.2 Å². The lowest BCUT2D eigenvalue weighted by molar-refractivity contribution is 0.0356. The van der Waals surface area contributed by atoms with Crippen molar-refractivity contribution in [2.24, 2.45) is 0 Å². The molecule has 174 valence electrons. The summed E-state index contributed by atoms with van der Waals surface area (Å²) in [5.74, 6) is 0.784. The van der Waals surface area contributed by atoms with Crippen LogP contribution in [-0.2, 0) is 17.9 Å². The molecule has 3 N–H and O–H groups in total. The van der Waals surface area contributed by atoms with Crippen LogP contribution in [0.4, 0.5) is 10.5 Å². The second-order valence-electron chi connectivity index (χ2n) is 8.55. The fraction of sp³-hybridized carbons (Fsp3) is 0.269. The summed E-state index contributed by atoms with van der Waals surface area (Å²) < 4.78 is 11.0. The first-order valence-corrected chi connectivity index (χ1v) is 11.0. The highest BCUT2D eigenvalue weighted by Crippen LogP contribution is 2.26. The van der Waals surface area contributed by atoms with Crippen LogP contribution in [0.15, 0.2) is 72.8 Å². The molecule has 7 heteroatoms. The summed E-state index contributed by atoms with van der Waals surface area (Å²) >= 11 is 6.12. The molecule has 0 aromatic heterocycles. The third-order valence-corrected chi connectivity index (χ3v) is 4.85. The molecule has 0 heterocycles. The topological polar surface area (TPSA) is 79.8 Å². The first kappa shape index (κ1) is 24.4. The molecule has 0 saturated carbocycles. The van der Waals surface area contributed by atoms with Crippen molar-refractivity contribution in [3.05, 3.63) is 94.5 Å². The third kappa shape index (κ3) is 8.00. The van der Waals surface area contributed by atoms with Crippen LogP contribution in [0.3, 0.4) is 0 Å². The van der Waals surface area contributed by atoms with Gasteiger partial charge in [0.25, 0.3) is 0 Å². The van der Waals surface area contributed by atoms with Crippen LogP contribution in [0, 0.1) is 0 Å². The average molecular weight is 469 g/mol. The molecule has 1 atom stereocenters. The summed E-state index contributed by atoms with van der Waals surface area (Å²) in [5.41, 5.74) is 2.55. The molecule has 6 nitrogen and oxygen atoms in total. The van der Waals surface area contributed by atoms with Crippen molar-refractivity contribution in [2.75, 3.05) is 5.32 Å². The van der Waals surface area contributed by atoms with Crippen LogP contribution in [0.2, 0.25) is 5.02 Å². The zero-order valence-electron chi connectivity index (χ0n) is 19.0. The molecule has 0 fully saturated rings. The summed E-state index contributed by atoms with van der Waals surface area (Å²) in [6.45, 7) is 6.28. The Hall–Kier alpha value is -3.22. The van der Waals surface area contributed by atoms with Crippen LogP contribution < -0.4 is 15.4 Å². The lowest BCUT2D eigenvalue weighted by Crippen LogP contribution is -2.35. The standard InChI is InChI=1S/C26H29ClN2O4/c1-26(2,3)33-25(31)29-24(30)22-15-20(27)11-14-23(22)28-16-18-9-12-21(13-10-18)32-17-19-7-5-4-6-8-19/h4-15,24,28,30H,16-17H2,1-3H3,(H,29,31). The molecule has 0 bridgehead atoms. The second kappa shape index (κ2) is 11.1. The number of alkyl carbamates (subject to hydrolysis) is 1. The van der Waals surface area contributed by atoms with Gasteiger partial charge in [-0.25, -0.2) is 4.79 Å². The smallest absolute Gasteiger partial charge is 0.409 e. The molecule has 0 aliphatic rings. The summed E-state index contributed by atoms with van der Waals surface area (Å²) in [5, 5.41) is 16.7. The van der Waals surface area contributed by atoms with Gasteiger partial charge in [-0.15, -0.1) is 0 Å². The van der Waals surface area contributed by atoms with Crippen molar-refractivity contribution < 1.29 is 19.4 Å². The van der Waals surface area contributed by atoms with E-state index in [4.69, 9.17) is 21.1 Å². The number of hydrogen-bond acceptors (Lipinski definition) is 5. The number of rotatable bonds is 8.